The van der Waals surface area contributed by atoms with Crippen LogP contribution in [0.4, 0.5) is 5.69 Å². The van der Waals surface area contributed by atoms with Crippen LogP contribution < -0.4 is 4.90 Å². The zero-order chi connectivity index (χ0) is 12.5. The zero-order valence-electron chi connectivity index (χ0n) is 11.4. The van der Waals surface area contributed by atoms with Gasteiger partial charge in [-0.05, 0) is 37.7 Å². The molecule has 1 fully saturated rings. The van der Waals surface area contributed by atoms with Gasteiger partial charge in [0.2, 0.25) is 0 Å². The van der Waals surface area contributed by atoms with Gasteiger partial charge in [-0.3, -0.25) is 0 Å². The standard InChI is InChI=1S/C16H23NO/c1-12(2)9-10-15-13-6-3-4-7-14(13)17-11-5-8-16(17)18-15/h3-4,6-7,12,15-16H,5,8-11H2,1-2H3. The van der Waals surface area contributed by atoms with E-state index in [4.69, 9.17) is 4.74 Å². The third-order valence-electron chi connectivity index (χ3n) is 4.12. The maximum Gasteiger partial charge on any atom is 0.131 e. The zero-order valence-corrected chi connectivity index (χ0v) is 11.4. The lowest BCUT2D eigenvalue weighted by Gasteiger charge is -2.38. The Morgan fingerprint density at radius 1 is 1.33 bits per heavy atom. The van der Waals surface area contributed by atoms with Gasteiger partial charge in [0.1, 0.15) is 6.23 Å². The number of fused-ring (bicyclic) bond motifs is 3. The van der Waals surface area contributed by atoms with Crippen molar-refractivity contribution in [3.8, 4) is 0 Å². The third-order valence-corrected chi connectivity index (χ3v) is 4.12. The summed E-state index contributed by atoms with van der Waals surface area (Å²) in [6.07, 6.45) is 5.48. The summed E-state index contributed by atoms with van der Waals surface area (Å²) >= 11 is 0. The van der Waals surface area contributed by atoms with Crippen LogP contribution in [0.15, 0.2) is 24.3 Å². The van der Waals surface area contributed by atoms with Crippen molar-refractivity contribution < 1.29 is 4.74 Å². The first kappa shape index (κ1) is 12.0. The molecule has 0 N–H and O–H groups in total. The molecule has 2 nitrogen and oxygen atoms in total. The number of anilines is 1. The largest absolute Gasteiger partial charge is 0.350 e. The van der Waals surface area contributed by atoms with E-state index in [9.17, 15) is 0 Å². The maximum absolute atomic E-state index is 6.31. The van der Waals surface area contributed by atoms with Gasteiger partial charge in [0.25, 0.3) is 0 Å². The van der Waals surface area contributed by atoms with Crippen molar-refractivity contribution in [2.24, 2.45) is 5.92 Å². The number of nitrogens with zero attached hydrogens (tertiary/aromatic N) is 1. The van der Waals surface area contributed by atoms with E-state index < -0.39 is 0 Å². The Morgan fingerprint density at radius 2 is 2.17 bits per heavy atom. The monoisotopic (exact) mass is 245 g/mol. The molecule has 2 aliphatic rings. The van der Waals surface area contributed by atoms with E-state index in [0.717, 1.165) is 18.9 Å². The Morgan fingerprint density at radius 3 is 3.00 bits per heavy atom. The van der Waals surface area contributed by atoms with Crippen LogP contribution in [0.1, 0.15) is 51.2 Å². The molecule has 3 rings (SSSR count). The van der Waals surface area contributed by atoms with Crippen LogP contribution in [0, 0.1) is 5.92 Å². The quantitative estimate of drug-likeness (QED) is 0.794. The van der Waals surface area contributed by atoms with Gasteiger partial charge in [-0.25, -0.2) is 0 Å². The van der Waals surface area contributed by atoms with E-state index in [0.29, 0.717) is 12.3 Å². The molecular formula is C16H23NO. The SMILES string of the molecule is CC(C)CCC1OC2CCCN2c2ccccc21. The molecule has 0 spiro atoms. The van der Waals surface area contributed by atoms with Crippen molar-refractivity contribution in [3.05, 3.63) is 29.8 Å². The smallest absolute Gasteiger partial charge is 0.131 e. The van der Waals surface area contributed by atoms with Crippen molar-refractivity contribution in [1.29, 1.82) is 0 Å². The van der Waals surface area contributed by atoms with Crippen LogP contribution in [0.5, 0.6) is 0 Å². The number of para-hydroxylation sites is 1. The van der Waals surface area contributed by atoms with Crippen LogP contribution in [0.3, 0.4) is 0 Å². The van der Waals surface area contributed by atoms with Gasteiger partial charge in [0, 0.05) is 17.8 Å². The molecule has 2 atom stereocenters. The lowest BCUT2D eigenvalue weighted by atomic mass is 9.97. The molecule has 0 amide bonds. The van der Waals surface area contributed by atoms with Gasteiger partial charge >= 0.3 is 0 Å². The van der Waals surface area contributed by atoms with E-state index in [-0.39, 0.29) is 0 Å². The Bertz CT molecular complexity index is 415. The van der Waals surface area contributed by atoms with E-state index >= 15 is 0 Å². The Kier molecular flexibility index (Phi) is 3.29. The number of ether oxygens (including phenoxy) is 1. The number of hydrogen-bond acceptors (Lipinski definition) is 2. The molecule has 1 aromatic carbocycles. The molecule has 0 radical (unpaired) electrons. The van der Waals surface area contributed by atoms with Crippen molar-refractivity contribution >= 4 is 5.69 Å². The van der Waals surface area contributed by atoms with E-state index in [2.05, 4.69) is 43.0 Å². The van der Waals surface area contributed by atoms with Crippen LogP contribution in [0.2, 0.25) is 0 Å². The van der Waals surface area contributed by atoms with E-state index in [1.807, 2.05) is 0 Å². The Hall–Kier alpha value is -1.02. The molecule has 1 aromatic rings. The van der Waals surface area contributed by atoms with Crippen LogP contribution in [-0.4, -0.2) is 12.8 Å². The minimum absolute atomic E-state index is 0.308. The van der Waals surface area contributed by atoms with Gasteiger partial charge in [-0.1, -0.05) is 32.0 Å². The number of hydrogen-bond donors (Lipinski definition) is 0. The van der Waals surface area contributed by atoms with Gasteiger partial charge in [-0.15, -0.1) is 0 Å². The van der Waals surface area contributed by atoms with Crippen molar-refractivity contribution in [2.75, 3.05) is 11.4 Å². The highest BCUT2D eigenvalue weighted by atomic mass is 16.5. The average molecular weight is 245 g/mol. The maximum atomic E-state index is 6.31. The first-order valence-electron chi connectivity index (χ1n) is 7.26. The summed E-state index contributed by atoms with van der Waals surface area (Å²) in [4.78, 5) is 2.45. The second-order valence-corrected chi connectivity index (χ2v) is 5.95. The summed E-state index contributed by atoms with van der Waals surface area (Å²) in [5, 5.41) is 0. The summed E-state index contributed by atoms with van der Waals surface area (Å²) in [6.45, 7) is 5.73. The third kappa shape index (κ3) is 2.14. The van der Waals surface area contributed by atoms with E-state index in [1.165, 1.54) is 30.5 Å². The molecule has 2 unspecified atom stereocenters. The van der Waals surface area contributed by atoms with Crippen molar-refractivity contribution in [1.82, 2.24) is 0 Å². The second-order valence-electron chi connectivity index (χ2n) is 5.95. The molecule has 0 bridgehead atoms. The molecule has 1 saturated heterocycles. The minimum Gasteiger partial charge on any atom is -0.350 e. The minimum atomic E-state index is 0.308. The van der Waals surface area contributed by atoms with E-state index in [1.54, 1.807) is 0 Å². The molecule has 2 aliphatic heterocycles. The van der Waals surface area contributed by atoms with Gasteiger partial charge < -0.3 is 9.64 Å². The summed E-state index contributed by atoms with van der Waals surface area (Å²) in [6, 6.07) is 8.80. The molecule has 18 heavy (non-hydrogen) atoms. The summed E-state index contributed by atoms with van der Waals surface area (Å²) < 4.78 is 6.31. The van der Waals surface area contributed by atoms with Gasteiger partial charge in [0.15, 0.2) is 0 Å². The van der Waals surface area contributed by atoms with Gasteiger partial charge in [-0.2, -0.15) is 0 Å². The molecule has 2 heterocycles. The molecule has 0 aromatic heterocycles. The Balaban J connectivity index is 1.86. The fourth-order valence-corrected chi connectivity index (χ4v) is 3.15. The molecule has 0 saturated carbocycles. The molecular weight excluding hydrogens is 222 g/mol. The molecule has 98 valence electrons. The summed E-state index contributed by atoms with van der Waals surface area (Å²) in [7, 11) is 0. The van der Waals surface area contributed by atoms with Crippen molar-refractivity contribution in [3.63, 3.8) is 0 Å². The molecule has 0 aliphatic carbocycles. The summed E-state index contributed by atoms with van der Waals surface area (Å²) in [5.41, 5.74) is 2.82. The lowest BCUT2D eigenvalue weighted by molar-refractivity contribution is -0.0235. The number of benzene rings is 1. The number of rotatable bonds is 3. The first-order chi connectivity index (χ1) is 8.75. The lowest BCUT2D eigenvalue weighted by Crippen LogP contribution is -2.37. The second kappa shape index (κ2) is 4.93. The highest BCUT2D eigenvalue weighted by molar-refractivity contribution is 5.57. The highest BCUT2D eigenvalue weighted by Gasteiger charge is 2.35. The Labute approximate surface area is 110 Å². The van der Waals surface area contributed by atoms with Crippen LogP contribution in [0.25, 0.3) is 0 Å². The topological polar surface area (TPSA) is 12.5 Å². The van der Waals surface area contributed by atoms with Crippen molar-refractivity contribution in [2.45, 2.75) is 51.9 Å². The van der Waals surface area contributed by atoms with Gasteiger partial charge in [0.05, 0.1) is 6.10 Å². The summed E-state index contributed by atoms with van der Waals surface area (Å²) in [5.74, 6) is 0.752. The molecule has 2 heteroatoms. The average Bonchev–Trinajstić information content (AvgIpc) is 2.84. The fraction of sp³-hybridized carbons (Fsp3) is 0.625. The van der Waals surface area contributed by atoms with Crippen LogP contribution >= 0.6 is 0 Å². The van der Waals surface area contributed by atoms with Crippen LogP contribution in [-0.2, 0) is 4.74 Å². The normalized spacial score (nSPS) is 26.3. The highest BCUT2D eigenvalue weighted by Crippen LogP contribution is 2.42. The predicted molar refractivity (Wildman–Crippen MR) is 74.7 cm³/mol. The fourth-order valence-electron chi connectivity index (χ4n) is 3.15. The predicted octanol–water partition coefficient (Wildman–Crippen LogP) is 4.12. The first-order valence-corrected chi connectivity index (χ1v) is 7.26.